The van der Waals surface area contributed by atoms with Crippen molar-refractivity contribution < 1.29 is 9.53 Å². The van der Waals surface area contributed by atoms with Crippen LogP contribution in [0.15, 0.2) is 53.5 Å². The van der Waals surface area contributed by atoms with Crippen LogP contribution in [0.2, 0.25) is 0 Å². The SMILES string of the molecule is COc1ccc(CCN2C(=O)CN(C)C2c2cccc(N=C(N)N)c2)cc1. The van der Waals surface area contributed by atoms with Crippen molar-refractivity contribution in [3.8, 4) is 5.75 Å². The molecular weight excluding hydrogens is 342 g/mol. The molecule has 0 aliphatic carbocycles. The number of ether oxygens (including phenoxy) is 1. The van der Waals surface area contributed by atoms with Crippen molar-refractivity contribution in [3.05, 3.63) is 59.7 Å². The molecule has 7 heteroatoms. The van der Waals surface area contributed by atoms with E-state index in [4.69, 9.17) is 16.2 Å². The summed E-state index contributed by atoms with van der Waals surface area (Å²) in [6, 6.07) is 15.6. The standard InChI is InChI=1S/C20H25N5O2/c1-24-13-18(26)25(11-10-14-6-8-17(27-2)9-7-14)19(24)15-4-3-5-16(12-15)23-20(21)22/h3-9,12,19H,10-11,13H2,1-2H3,(H4,21,22,23). The van der Waals surface area contributed by atoms with Crippen LogP contribution in [0, 0.1) is 0 Å². The number of carbonyl (C=O) groups excluding carboxylic acids is 1. The second-order valence-electron chi connectivity index (χ2n) is 6.61. The highest BCUT2D eigenvalue weighted by Crippen LogP contribution is 2.31. The van der Waals surface area contributed by atoms with Crippen LogP contribution in [0.4, 0.5) is 5.69 Å². The Bertz CT molecular complexity index is 831. The van der Waals surface area contributed by atoms with Gasteiger partial charge in [-0.3, -0.25) is 9.69 Å². The number of amides is 1. The maximum Gasteiger partial charge on any atom is 0.238 e. The molecule has 27 heavy (non-hydrogen) atoms. The summed E-state index contributed by atoms with van der Waals surface area (Å²) in [5, 5.41) is 0. The van der Waals surface area contributed by atoms with E-state index in [-0.39, 0.29) is 18.0 Å². The van der Waals surface area contributed by atoms with Crippen LogP contribution in [0.25, 0.3) is 0 Å². The number of likely N-dealkylation sites (N-methyl/N-ethyl adjacent to an activating group) is 1. The fourth-order valence-corrected chi connectivity index (χ4v) is 3.39. The molecule has 0 aromatic heterocycles. The van der Waals surface area contributed by atoms with E-state index in [1.807, 2.05) is 65.4 Å². The van der Waals surface area contributed by atoms with Gasteiger partial charge in [0.15, 0.2) is 5.96 Å². The molecule has 1 aliphatic rings. The lowest BCUT2D eigenvalue weighted by molar-refractivity contribution is -0.128. The minimum absolute atomic E-state index is 0.0133. The fraction of sp³-hybridized carbons (Fsp3) is 0.300. The minimum Gasteiger partial charge on any atom is -0.497 e. The Labute approximate surface area is 159 Å². The summed E-state index contributed by atoms with van der Waals surface area (Å²) in [5.41, 5.74) is 13.8. The van der Waals surface area contributed by atoms with Crippen LogP contribution in [-0.4, -0.2) is 48.9 Å². The largest absolute Gasteiger partial charge is 0.497 e. The molecule has 0 bridgehead atoms. The summed E-state index contributed by atoms with van der Waals surface area (Å²) < 4.78 is 5.19. The highest BCUT2D eigenvalue weighted by molar-refractivity contribution is 5.81. The molecule has 4 N–H and O–H groups in total. The van der Waals surface area contributed by atoms with Crippen LogP contribution < -0.4 is 16.2 Å². The van der Waals surface area contributed by atoms with Crippen molar-refractivity contribution in [3.63, 3.8) is 0 Å². The van der Waals surface area contributed by atoms with Crippen molar-refractivity contribution in [1.29, 1.82) is 0 Å². The summed E-state index contributed by atoms with van der Waals surface area (Å²) in [7, 11) is 3.60. The van der Waals surface area contributed by atoms with Gasteiger partial charge in [0.1, 0.15) is 11.9 Å². The molecular formula is C20H25N5O2. The number of benzene rings is 2. The Kier molecular flexibility index (Phi) is 5.61. The molecule has 0 spiro atoms. The lowest BCUT2D eigenvalue weighted by atomic mass is 10.1. The first-order valence-corrected chi connectivity index (χ1v) is 8.80. The van der Waals surface area contributed by atoms with Crippen molar-refractivity contribution in [2.75, 3.05) is 27.2 Å². The first-order chi connectivity index (χ1) is 13.0. The topological polar surface area (TPSA) is 97.2 Å². The maximum absolute atomic E-state index is 12.5. The lowest BCUT2D eigenvalue weighted by Crippen LogP contribution is -2.32. The first kappa shape index (κ1) is 18.7. The molecule has 1 fully saturated rings. The van der Waals surface area contributed by atoms with E-state index >= 15 is 0 Å². The van der Waals surface area contributed by atoms with Crippen molar-refractivity contribution >= 4 is 17.6 Å². The molecule has 2 aromatic rings. The average molecular weight is 367 g/mol. The van der Waals surface area contributed by atoms with Crippen molar-refractivity contribution in [2.24, 2.45) is 16.5 Å². The van der Waals surface area contributed by atoms with E-state index in [2.05, 4.69) is 4.99 Å². The highest BCUT2D eigenvalue weighted by Gasteiger charge is 2.36. The number of aliphatic imine (C=N–C) groups is 1. The normalized spacial score (nSPS) is 17.2. The molecule has 1 saturated heterocycles. The Hall–Kier alpha value is -3.06. The fourth-order valence-electron chi connectivity index (χ4n) is 3.39. The lowest BCUT2D eigenvalue weighted by Gasteiger charge is -2.28. The maximum atomic E-state index is 12.5. The Morgan fingerprint density at radius 3 is 2.63 bits per heavy atom. The summed E-state index contributed by atoms with van der Waals surface area (Å²) >= 11 is 0. The molecule has 142 valence electrons. The number of hydrogen-bond acceptors (Lipinski definition) is 4. The Balaban J connectivity index is 1.78. The van der Waals surface area contributed by atoms with Crippen LogP contribution in [0.1, 0.15) is 17.3 Å². The van der Waals surface area contributed by atoms with Crippen molar-refractivity contribution in [2.45, 2.75) is 12.6 Å². The van der Waals surface area contributed by atoms with Gasteiger partial charge < -0.3 is 21.1 Å². The second kappa shape index (κ2) is 8.09. The van der Waals surface area contributed by atoms with E-state index in [0.29, 0.717) is 18.8 Å². The molecule has 3 rings (SSSR count). The molecule has 1 aliphatic heterocycles. The van der Waals surface area contributed by atoms with E-state index in [1.54, 1.807) is 7.11 Å². The van der Waals surface area contributed by atoms with Gasteiger partial charge in [-0.2, -0.15) is 0 Å². The Morgan fingerprint density at radius 2 is 1.96 bits per heavy atom. The van der Waals surface area contributed by atoms with Gasteiger partial charge in [-0.25, -0.2) is 4.99 Å². The van der Waals surface area contributed by atoms with E-state index in [1.165, 1.54) is 0 Å². The third-order valence-corrected chi connectivity index (χ3v) is 4.64. The first-order valence-electron chi connectivity index (χ1n) is 8.80. The summed E-state index contributed by atoms with van der Waals surface area (Å²) in [6.07, 6.45) is 0.637. The number of hydrogen-bond donors (Lipinski definition) is 2. The number of methoxy groups -OCH3 is 1. The third-order valence-electron chi connectivity index (χ3n) is 4.64. The molecule has 1 unspecified atom stereocenters. The van der Waals surface area contributed by atoms with Gasteiger partial charge in [0.25, 0.3) is 0 Å². The summed E-state index contributed by atoms with van der Waals surface area (Å²) in [4.78, 5) is 20.6. The number of guanidine groups is 1. The van der Waals surface area contributed by atoms with E-state index < -0.39 is 0 Å². The van der Waals surface area contributed by atoms with Gasteiger partial charge in [0.2, 0.25) is 5.91 Å². The minimum atomic E-state index is -0.134. The predicted molar refractivity (Wildman–Crippen MR) is 106 cm³/mol. The molecule has 2 aromatic carbocycles. The second-order valence-corrected chi connectivity index (χ2v) is 6.61. The predicted octanol–water partition coefficient (Wildman–Crippen LogP) is 1.62. The van der Waals surface area contributed by atoms with E-state index in [9.17, 15) is 4.79 Å². The van der Waals surface area contributed by atoms with Gasteiger partial charge in [-0.05, 0) is 48.9 Å². The van der Waals surface area contributed by atoms with Crippen LogP contribution >= 0.6 is 0 Å². The quantitative estimate of drug-likeness (QED) is 0.597. The third kappa shape index (κ3) is 4.38. The van der Waals surface area contributed by atoms with E-state index in [0.717, 1.165) is 23.3 Å². The smallest absolute Gasteiger partial charge is 0.238 e. The molecule has 0 radical (unpaired) electrons. The van der Waals surface area contributed by atoms with Gasteiger partial charge in [-0.15, -0.1) is 0 Å². The Morgan fingerprint density at radius 1 is 1.22 bits per heavy atom. The number of carbonyl (C=O) groups is 1. The zero-order valence-electron chi connectivity index (χ0n) is 15.6. The number of nitrogens with zero attached hydrogens (tertiary/aromatic N) is 3. The highest BCUT2D eigenvalue weighted by atomic mass is 16.5. The average Bonchev–Trinajstić information content (AvgIpc) is 2.93. The van der Waals surface area contributed by atoms with Gasteiger partial charge in [0, 0.05) is 6.54 Å². The summed E-state index contributed by atoms with van der Waals surface area (Å²) in [5.74, 6) is 0.952. The van der Waals surface area contributed by atoms with Crippen LogP contribution in [-0.2, 0) is 11.2 Å². The zero-order chi connectivity index (χ0) is 19.4. The summed E-state index contributed by atoms with van der Waals surface area (Å²) in [6.45, 7) is 1.02. The van der Waals surface area contributed by atoms with Crippen LogP contribution in [0.5, 0.6) is 5.75 Å². The monoisotopic (exact) mass is 367 g/mol. The van der Waals surface area contributed by atoms with Crippen LogP contribution in [0.3, 0.4) is 0 Å². The molecule has 1 atom stereocenters. The van der Waals surface area contributed by atoms with Crippen molar-refractivity contribution in [1.82, 2.24) is 9.80 Å². The van der Waals surface area contributed by atoms with Gasteiger partial charge >= 0.3 is 0 Å². The van der Waals surface area contributed by atoms with Gasteiger partial charge in [0.05, 0.1) is 19.3 Å². The van der Waals surface area contributed by atoms with Gasteiger partial charge in [-0.1, -0.05) is 24.3 Å². The zero-order valence-corrected chi connectivity index (χ0v) is 15.6. The molecule has 1 heterocycles. The number of nitrogens with two attached hydrogens (primary N) is 2. The molecule has 7 nitrogen and oxygen atoms in total. The molecule has 0 saturated carbocycles. The molecule has 1 amide bonds. The number of rotatable bonds is 6.